The van der Waals surface area contributed by atoms with E-state index in [-0.39, 0.29) is 0 Å². The fourth-order valence-electron chi connectivity index (χ4n) is 2.32. The van der Waals surface area contributed by atoms with Crippen molar-refractivity contribution >= 4 is 11.3 Å². The lowest BCUT2D eigenvalue weighted by atomic mass is 9.79. The summed E-state index contributed by atoms with van der Waals surface area (Å²) in [5.41, 5.74) is 1.47. The van der Waals surface area contributed by atoms with Crippen molar-refractivity contribution in [3.63, 3.8) is 0 Å². The number of hydrogen-bond donors (Lipinski definition) is 1. The monoisotopic (exact) mass is 209 g/mol. The highest BCUT2D eigenvalue weighted by Crippen LogP contribution is 2.41. The summed E-state index contributed by atoms with van der Waals surface area (Å²) in [6.07, 6.45) is 4.23. The molecule has 1 nitrogen and oxygen atoms in total. The van der Waals surface area contributed by atoms with E-state index in [4.69, 9.17) is 0 Å². The first-order chi connectivity index (χ1) is 6.72. The van der Waals surface area contributed by atoms with E-state index in [1.807, 2.05) is 11.3 Å². The van der Waals surface area contributed by atoms with E-state index >= 15 is 0 Å². The van der Waals surface area contributed by atoms with Crippen LogP contribution in [0.25, 0.3) is 0 Å². The van der Waals surface area contributed by atoms with Gasteiger partial charge in [-0.2, -0.15) is 0 Å². The van der Waals surface area contributed by atoms with Crippen LogP contribution in [0.2, 0.25) is 0 Å². The van der Waals surface area contributed by atoms with Gasteiger partial charge in [-0.1, -0.05) is 6.42 Å². The molecule has 1 aromatic heterocycles. The maximum absolute atomic E-state index is 3.48. The summed E-state index contributed by atoms with van der Waals surface area (Å²) in [5, 5.41) is 3.48. The van der Waals surface area contributed by atoms with Gasteiger partial charge in [0.25, 0.3) is 0 Å². The zero-order valence-electron chi connectivity index (χ0n) is 9.26. The molecule has 0 saturated heterocycles. The average Bonchev–Trinajstić information content (AvgIpc) is 2.37. The minimum atomic E-state index is 0.613. The summed E-state index contributed by atoms with van der Waals surface area (Å²) >= 11 is 1.96. The van der Waals surface area contributed by atoms with Crippen molar-refractivity contribution in [2.75, 3.05) is 7.05 Å². The molecule has 0 amide bonds. The standard InChI is InChI=1S/C12H19NS/c1-8-7-9(2)14-12(8)11(13-3)10-5-4-6-10/h7,10-11,13H,4-6H2,1-3H3. The van der Waals surface area contributed by atoms with Crippen molar-refractivity contribution in [3.05, 3.63) is 21.4 Å². The van der Waals surface area contributed by atoms with Gasteiger partial charge < -0.3 is 5.32 Å². The Labute approximate surface area is 90.5 Å². The van der Waals surface area contributed by atoms with Gasteiger partial charge in [-0.25, -0.2) is 0 Å². The van der Waals surface area contributed by atoms with Crippen molar-refractivity contribution in [1.82, 2.24) is 5.32 Å². The number of rotatable bonds is 3. The smallest absolute Gasteiger partial charge is 0.0443 e. The van der Waals surface area contributed by atoms with Crippen molar-refractivity contribution in [3.8, 4) is 0 Å². The molecule has 2 rings (SSSR count). The molecule has 78 valence electrons. The van der Waals surface area contributed by atoms with Crippen LogP contribution in [-0.2, 0) is 0 Å². The van der Waals surface area contributed by atoms with Crippen LogP contribution in [0.1, 0.15) is 40.6 Å². The molecule has 1 N–H and O–H groups in total. The highest BCUT2D eigenvalue weighted by Gasteiger charge is 2.29. The molecule has 1 unspecified atom stereocenters. The van der Waals surface area contributed by atoms with Gasteiger partial charge in [0, 0.05) is 15.8 Å². The Kier molecular flexibility index (Phi) is 2.93. The second kappa shape index (κ2) is 4.03. The third-order valence-corrected chi connectivity index (χ3v) is 4.53. The van der Waals surface area contributed by atoms with Crippen molar-refractivity contribution in [2.24, 2.45) is 5.92 Å². The molecule has 1 heterocycles. The van der Waals surface area contributed by atoms with E-state index in [0.29, 0.717) is 6.04 Å². The number of nitrogens with one attached hydrogen (secondary N) is 1. The summed E-state index contributed by atoms with van der Waals surface area (Å²) in [6.45, 7) is 4.44. The molecule has 1 aliphatic rings. The zero-order valence-corrected chi connectivity index (χ0v) is 10.1. The molecule has 0 radical (unpaired) electrons. The van der Waals surface area contributed by atoms with Crippen LogP contribution in [0.3, 0.4) is 0 Å². The molecular formula is C12H19NS. The molecule has 1 saturated carbocycles. The quantitative estimate of drug-likeness (QED) is 0.804. The van der Waals surface area contributed by atoms with Gasteiger partial charge in [0.15, 0.2) is 0 Å². The lowest BCUT2D eigenvalue weighted by Crippen LogP contribution is -2.29. The van der Waals surface area contributed by atoms with Crippen LogP contribution in [0.5, 0.6) is 0 Å². The first kappa shape index (κ1) is 10.2. The molecule has 2 heteroatoms. The first-order valence-corrected chi connectivity index (χ1v) is 6.28. The summed E-state index contributed by atoms with van der Waals surface area (Å²) in [7, 11) is 2.09. The molecule has 0 aromatic carbocycles. The Bertz CT molecular complexity index is 312. The van der Waals surface area contributed by atoms with E-state index in [1.165, 1.54) is 29.7 Å². The van der Waals surface area contributed by atoms with Gasteiger partial charge in [0.1, 0.15) is 0 Å². The molecule has 1 fully saturated rings. The third-order valence-electron chi connectivity index (χ3n) is 3.29. The molecule has 0 spiro atoms. The fraction of sp³-hybridized carbons (Fsp3) is 0.667. The molecule has 0 aliphatic heterocycles. The Balaban J connectivity index is 2.21. The van der Waals surface area contributed by atoms with Gasteiger partial charge >= 0.3 is 0 Å². The van der Waals surface area contributed by atoms with Gasteiger partial charge in [-0.05, 0) is 51.3 Å². The number of hydrogen-bond acceptors (Lipinski definition) is 2. The molecule has 1 aliphatic carbocycles. The highest BCUT2D eigenvalue weighted by atomic mass is 32.1. The number of aryl methyl sites for hydroxylation is 2. The number of thiophene rings is 1. The average molecular weight is 209 g/mol. The largest absolute Gasteiger partial charge is 0.312 e. The molecule has 14 heavy (non-hydrogen) atoms. The summed E-state index contributed by atoms with van der Waals surface area (Å²) in [6, 6.07) is 2.92. The topological polar surface area (TPSA) is 12.0 Å². The maximum atomic E-state index is 3.48. The zero-order chi connectivity index (χ0) is 10.1. The first-order valence-electron chi connectivity index (χ1n) is 5.46. The Morgan fingerprint density at radius 2 is 2.14 bits per heavy atom. The van der Waals surface area contributed by atoms with Gasteiger partial charge in [-0.15, -0.1) is 11.3 Å². The van der Waals surface area contributed by atoms with E-state index in [9.17, 15) is 0 Å². The Morgan fingerprint density at radius 1 is 1.43 bits per heavy atom. The van der Waals surface area contributed by atoms with Crippen LogP contribution in [-0.4, -0.2) is 7.05 Å². The van der Waals surface area contributed by atoms with E-state index in [0.717, 1.165) is 5.92 Å². The highest BCUT2D eigenvalue weighted by molar-refractivity contribution is 7.12. The second-order valence-corrected chi connectivity index (χ2v) is 5.65. The minimum absolute atomic E-state index is 0.613. The molecule has 0 bridgehead atoms. The van der Waals surface area contributed by atoms with Crippen LogP contribution in [0, 0.1) is 19.8 Å². The van der Waals surface area contributed by atoms with Crippen molar-refractivity contribution in [2.45, 2.75) is 39.2 Å². The summed E-state index contributed by atoms with van der Waals surface area (Å²) < 4.78 is 0. The molecular weight excluding hydrogens is 190 g/mol. The van der Waals surface area contributed by atoms with E-state index in [2.05, 4.69) is 32.3 Å². The third kappa shape index (κ3) is 1.73. The van der Waals surface area contributed by atoms with Gasteiger partial charge in [0.05, 0.1) is 0 Å². The lowest BCUT2D eigenvalue weighted by Gasteiger charge is -2.33. The minimum Gasteiger partial charge on any atom is -0.312 e. The van der Waals surface area contributed by atoms with Crippen LogP contribution in [0.15, 0.2) is 6.07 Å². The predicted molar refractivity (Wildman–Crippen MR) is 62.9 cm³/mol. The van der Waals surface area contributed by atoms with Crippen LogP contribution < -0.4 is 5.32 Å². The van der Waals surface area contributed by atoms with Crippen molar-refractivity contribution < 1.29 is 0 Å². The van der Waals surface area contributed by atoms with Crippen LogP contribution >= 0.6 is 11.3 Å². The van der Waals surface area contributed by atoms with Crippen LogP contribution in [0.4, 0.5) is 0 Å². The molecule has 1 aromatic rings. The normalized spacial score (nSPS) is 19.4. The van der Waals surface area contributed by atoms with Gasteiger partial charge in [0.2, 0.25) is 0 Å². The van der Waals surface area contributed by atoms with E-state index < -0.39 is 0 Å². The predicted octanol–water partition coefficient (Wildman–Crippen LogP) is 3.43. The molecule has 1 atom stereocenters. The summed E-state index contributed by atoms with van der Waals surface area (Å²) in [5.74, 6) is 0.886. The summed E-state index contributed by atoms with van der Waals surface area (Å²) in [4.78, 5) is 3.01. The van der Waals surface area contributed by atoms with Gasteiger partial charge in [-0.3, -0.25) is 0 Å². The fourth-order valence-corrected chi connectivity index (χ4v) is 3.56. The van der Waals surface area contributed by atoms with Crippen molar-refractivity contribution in [1.29, 1.82) is 0 Å². The van der Waals surface area contributed by atoms with E-state index in [1.54, 1.807) is 4.88 Å². The Hall–Kier alpha value is -0.340. The maximum Gasteiger partial charge on any atom is 0.0443 e. The SMILES string of the molecule is CNC(c1sc(C)cc1C)C1CCC1. The Morgan fingerprint density at radius 3 is 2.50 bits per heavy atom. The lowest BCUT2D eigenvalue weighted by molar-refractivity contribution is 0.241. The second-order valence-electron chi connectivity index (χ2n) is 4.36.